The summed E-state index contributed by atoms with van der Waals surface area (Å²) in [4.78, 5) is 13.8. The predicted octanol–water partition coefficient (Wildman–Crippen LogP) is 5.99. The molecular formula is C23H25ClF4N2O2. The number of nitrogens with zero attached hydrogens (tertiary/aromatic N) is 1. The number of likely N-dealkylation sites (tertiary alicyclic amines) is 1. The van der Waals surface area contributed by atoms with E-state index in [9.17, 15) is 22.4 Å². The lowest BCUT2D eigenvalue weighted by molar-refractivity contribution is -0.139. The van der Waals surface area contributed by atoms with Crippen molar-refractivity contribution in [2.24, 2.45) is 0 Å². The van der Waals surface area contributed by atoms with Gasteiger partial charge in [-0.25, -0.2) is 9.18 Å². The molecule has 0 bridgehead atoms. The molecule has 0 radical (unpaired) electrons. The summed E-state index contributed by atoms with van der Waals surface area (Å²) >= 11 is 5.95. The lowest BCUT2D eigenvalue weighted by Crippen LogP contribution is -2.59. The topological polar surface area (TPSA) is 41.6 Å². The van der Waals surface area contributed by atoms with Crippen molar-refractivity contribution >= 4 is 17.6 Å². The molecule has 1 N–H and O–H groups in total. The van der Waals surface area contributed by atoms with Crippen LogP contribution in [0.3, 0.4) is 0 Å². The van der Waals surface area contributed by atoms with E-state index in [1.807, 2.05) is 13.8 Å². The molecule has 174 valence electrons. The Morgan fingerprint density at radius 2 is 1.88 bits per heavy atom. The second-order valence-electron chi connectivity index (χ2n) is 7.97. The Labute approximate surface area is 189 Å². The molecular weight excluding hydrogens is 448 g/mol. The third-order valence-corrected chi connectivity index (χ3v) is 5.75. The summed E-state index contributed by atoms with van der Waals surface area (Å²) in [6, 6.07) is 9.14. The highest BCUT2D eigenvalue weighted by atomic mass is 35.5. The molecule has 2 aromatic rings. The number of benzene rings is 2. The summed E-state index contributed by atoms with van der Waals surface area (Å²) in [5.74, 6) is -0.952. The molecule has 0 spiro atoms. The van der Waals surface area contributed by atoms with Crippen LogP contribution in [0.4, 0.5) is 22.4 Å². The molecule has 2 unspecified atom stereocenters. The zero-order valence-electron chi connectivity index (χ0n) is 17.8. The average molecular weight is 473 g/mol. The van der Waals surface area contributed by atoms with E-state index in [-0.39, 0.29) is 30.2 Å². The van der Waals surface area contributed by atoms with E-state index in [0.717, 1.165) is 18.6 Å². The minimum atomic E-state index is -4.69. The van der Waals surface area contributed by atoms with E-state index in [4.69, 9.17) is 16.3 Å². The number of amides is 2. The first-order valence-electron chi connectivity index (χ1n) is 10.4. The maximum absolute atomic E-state index is 13.5. The summed E-state index contributed by atoms with van der Waals surface area (Å²) in [6.45, 7) is 4.54. The quantitative estimate of drug-likeness (QED) is 0.503. The largest absolute Gasteiger partial charge is 0.416 e. The number of hydrogen-bond donors (Lipinski definition) is 1. The highest BCUT2D eigenvalue weighted by molar-refractivity contribution is 6.30. The lowest BCUT2D eigenvalue weighted by Gasteiger charge is -2.41. The summed E-state index contributed by atoms with van der Waals surface area (Å²) in [7, 11) is 0. The van der Waals surface area contributed by atoms with Crippen LogP contribution in [0.15, 0.2) is 42.5 Å². The summed E-state index contributed by atoms with van der Waals surface area (Å²) in [6.07, 6.45) is -5.04. The molecule has 1 saturated heterocycles. The van der Waals surface area contributed by atoms with Crippen molar-refractivity contribution in [1.82, 2.24) is 10.2 Å². The van der Waals surface area contributed by atoms with Crippen LogP contribution in [-0.2, 0) is 17.3 Å². The SMILES string of the molecule is CCC(C)NC(=O)N1CC(OC(Cc2ccc(F)cc2C(F)(F)F)c2ccc(Cl)cc2)C1. The minimum absolute atomic E-state index is 0.0450. The van der Waals surface area contributed by atoms with Gasteiger partial charge in [0, 0.05) is 17.5 Å². The normalized spacial score (nSPS) is 16.4. The van der Waals surface area contributed by atoms with Gasteiger partial charge >= 0.3 is 12.2 Å². The number of alkyl halides is 3. The van der Waals surface area contributed by atoms with Crippen LogP contribution in [0.5, 0.6) is 0 Å². The first-order valence-corrected chi connectivity index (χ1v) is 10.8. The monoisotopic (exact) mass is 472 g/mol. The van der Waals surface area contributed by atoms with Crippen molar-refractivity contribution in [1.29, 1.82) is 0 Å². The van der Waals surface area contributed by atoms with Gasteiger partial charge in [0.1, 0.15) is 5.82 Å². The first kappa shape index (κ1) is 24.3. The summed E-state index contributed by atoms with van der Waals surface area (Å²) in [5, 5.41) is 3.36. The molecule has 0 aromatic heterocycles. The fourth-order valence-electron chi connectivity index (χ4n) is 3.44. The second-order valence-corrected chi connectivity index (χ2v) is 8.40. The molecule has 9 heteroatoms. The molecule has 4 nitrogen and oxygen atoms in total. The highest BCUT2D eigenvalue weighted by Crippen LogP contribution is 2.36. The molecule has 0 saturated carbocycles. The van der Waals surface area contributed by atoms with Crippen molar-refractivity contribution < 1.29 is 27.1 Å². The van der Waals surface area contributed by atoms with Crippen LogP contribution in [0, 0.1) is 5.82 Å². The third-order valence-electron chi connectivity index (χ3n) is 5.50. The molecule has 1 aliphatic rings. The molecule has 2 atom stereocenters. The van der Waals surface area contributed by atoms with E-state index in [1.165, 1.54) is 0 Å². The molecule has 1 aliphatic heterocycles. The van der Waals surface area contributed by atoms with Gasteiger partial charge in [-0.15, -0.1) is 0 Å². The van der Waals surface area contributed by atoms with Gasteiger partial charge in [-0.3, -0.25) is 0 Å². The molecule has 2 aromatic carbocycles. The van der Waals surface area contributed by atoms with Crippen LogP contribution in [-0.4, -0.2) is 36.2 Å². The van der Waals surface area contributed by atoms with Crippen molar-refractivity contribution in [2.75, 3.05) is 13.1 Å². The molecule has 0 aliphatic carbocycles. The Balaban J connectivity index is 1.76. The van der Waals surface area contributed by atoms with Gasteiger partial charge in [0.2, 0.25) is 0 Å². The van der Waals surface area contributed by atoms with Crippen LogP contribution in [0.2, 0.25) is 5.02 Å². The second kappa shape index (κ2) is 10.1. The van der Waals surface area contributed by atoms with E-state index in [0.29, 0.717) is 29.7 Å². The maximum atomic E-state index is 13.5. The Morgan fingerprint density at radius 1 is 1.22 bits per heavy atom. The van der Waals surface area contributed by atoms with Gasteiger partial charge in [-0.05, 0) is 48.7 Å². The van der Waals surface area contributed by atoms with Gasteiger partial charge in [-0.1, -0.05) is 36.7 Å². The number of rotatable bonds is 7. The summed E-state index contributed by atoms with van der Waals surface area (Å²) < 4.78 is 60.0. The van der Waals surface area contributed by atoms with E-state index < -0.39 is 23.7 Å². The molecule has 1 heterocycles. The lowest BCUT2D eigenvalue weighted by atomic mass is 9.96. The Bertz CT molecular complexity index is 931. The Hall–Kier alpha value is -2.32. The van der Waals surface area contributed by atoms with E-state index in [2.05, 4.69) is 5.32 Å². The maximum Gasteiger partial charge on any atom is 0.416 e. The van der Waals surface area contributed by atoms with Crippen molar-refractivity contribution in [3.63, 3.8) is 0 Å². The number of urea groups is 1. The fraction of sp³-hybridized carbons (Fsp3) is 0.435. The van der Waals surface area contributed by atoms with Crippen LogP contribution in [0.25, 0.3) is 0 Å². The zero-order valence-corrected chi connectivity index (χ0v) is 18.5. The van der Waals surface area contributed by atoms with Gasteiger partial charge in [-0.2, -0.15) is 13.2 Å². The Morgan fingerprint density at radius 3 is 2.47 bits per heavy atom. The van der Waals surface area contributed by atoms with Gasteiger partial charge < -0.3 is 15.0 Å². The average Bonchev–Trinajstić information content (AvgIpc) is 2.70. The fourth-order valence-corrected chi connectivity index (χ4v) is 3.56. The minimum Gasteiger partial charge on any atom is -0.366 e. The number of ether oxygens (including phenoxy) is 1. The summed E-state index contributed by atoms with van der Waals surface area (Å²) in [5.41, 5.74) is -0.442. The van der Waals surface area contributed by atoms with Gasteiger partial charge in [0.25, 0.3) is 0 Å². The number of carbonyl (C=O) groups is 1. The zero-order chi connectivity index (χ0) is 23.5. The van der Waals surface area contributed by atoms with Crippen molar-refractivity contribution in [3.05, 3.63) is 70.0 Å². The molecule has 2 amide bonds. The standard InChI is InChI=1S/C23H25ClF4N2O2/c1-3-14(2)29-22(31)30-12-19(13-30)32-21(15-4-7-17(24)8-5-15)10-16-6-9-18(25)11-20(16)23(26,27)28/h4-9,11,14,19,21H,3,10,12-13H2,1-2H3,(H,29,31). The van der Waals surface area contributed by atoms with Crippen LogP contribution >= 0.6 is 11.6 Å². The predicted molar refractivity (Wildman–Crippen MR) is 114 cm³/mol. The number of nitrogens with one attached hydrogen (secondary N) is 1. The number of halogens is 5. The van der Waals surface area contributed by atoms with E-state index in [1.54, 1.807) is 29.2 Å². The van der Waals surface area contributed by atoms with Gasteiger partial charge in [0.15, 0.2) is 0 Å². The smallest absolute Gasteiger partial charge is 0.366 e. The van der Waals surface area contributed by atoms with E-state index >= 15 is 0 Å². The number of hydrogen-bond acceptors (Lipinski definition) is 2. The van der Waals surface area contributed by atoms with Gasteiger partial charge in [0.05, 0.1) is 30.9 Å². The molecule has 32 heavy (non-hydrogen) atoms. The number of carbonyl (C=O) groups excluding carboxylic acids is 1. The third kappa shape index (κ3) is 6.13. The van der Waals surface area contributed by atoms with Crippen molar-refractivity contribution in [2.45, 2.75) is 51.1 Å². The van der Waals surface area contributed by atoms with Crippen LogP contribution in [0.1, 0.15) is 43.1 Å². The molecule has 1 fully saturated rings. The van der Waals surface area contributed by atoms with Crippen molar-refractivity contribution in [3.8, 4) is 0 Å². The first-order chi connectivity index (χ1) is 15.1. The van der Waals surface area contributed by atoms with Crippen LogP contribution < -0.4 is 5.32 Å². The highest BCUT2D eigenvalue weighted by Gasteiger charge is 2.37. The molecule has 3 rings (SSSR count). The Kier molecular flexibility index (Phi) is 7.67.